The molecule has 3 N–H and O–H groups in total. The van der Waals surface area contributed by atoms with Crippen LogP contribution in [0.3, 0.4) is 0 Å². The van der Waals surface area contributed by atoms with Gasteiger partial charge in [0.15, 0.2) is 5.82 Å². The molecule has 0 unspecified atom stereocenters. The first-order chi connectivity index (χ1) is 10.2. The summed E-state index contributed by atoms with van der Waals surface area (Å²) in [6, 6.07) is 5.63. The Hall–Kier alpha value is -2.21. The van der Waals surface area contributed by atoms with E-state index in [1.807, 2.05) is 24.4 Å². The van der Waals surface area contributed by atoms with Gasteiger partial charge in [-0.2, -0.15) is 5.10 Å². The summed E-state index contributed by atoms with van der Waals surface area (Å²) in [5, 5.41) is 7.08. The van der Waals surface area contributed by atoms with Crippen LogP contribution in [0.25, 0.3) is 5.82 Å². The van der Waals surface area contributed by atoms with E-state index in [9.17, 15) is 4.79 Å². The van der Waals surface area contributed by atoms with Crippen molar-refractivity contribution in [2.24, 2.45) is 5.73 Å². The topological polar surface area (TPSA) is 85.8 Å². The van der Waals surface area contributed by atoms with E-state index >= 15 is 0 Å². The highest BCUT2D eigenvalue weighted by Gasteiger charge is 2.36. The Morgan fingerprint density at radius 2 is 2.19 bits per heavy atom. The SMILES string of the molecule is NC1(C(=O)NCc2ccnc(-n3cccn3)c2)CCCC1. The first-order valence-electron chi connectivity index (χ1n) is 7.19. The fourth-order valence-electron chi connectivity index (χ4n) is 2.69. The minimum atomic E-state index is -0.683. The van der Waals surface area contributed by atoms with Gasteiger partial charge >= 0.3 is 0 Å². The Balaban J connectivity index is 1.66. The maximum absolute atomic E-state index is 12.2. The van der Waals surface area contributed by atoms with Gasteiger partial charge in [0.1, 0.15) is 0 Å². The van der Waals surface area contributed by atoms with Crippen molar-refractivity contribution in [2.75, 3.05) is 0 Å². The molecule has 0 atom stereocenters. The summed E-state index contributed by atoms with van der Waals surface area (Å²) in [6.45, 7) is 0.453. The zero-order valence-corrected chi connectivity index (χ0v) is 11.8. The number of carbonyl (C=O) groups excluding carboxylic acids is 1. The van der Waals surface area contributed by atoms with E-state index in [0.717, 1.165) is 37.1 Å². The van der Waals surface area contributed by atoms with Crippen molar-refractivity contribution in [2.45, 2.75) is 37.8 Å². The zero-order chi connectivity index (χ0) is 14.7. The number of amides is 1. The summed E-state index contributed by atoms with van der Waals surface area (Å²) < 4.78 is 1.69. The third kappa shape index (κ3) is 2.95. The second-order valence-electron chi connectivity index (χ2n) is 5.52. The monoisotopic (exact) mass is 285 g/mol. The van der Waals surface area contributed by atoms with E-state index in [4.69, 9.17) is 5.73 Å². The molecule has 0 spiro atoms. The van der Waals surface area contributed by atoms with Crippen LogP contribution in [0.5, 0.6) is 0 Å². The van der Waals surface area contributed by atoms with Crippen molar-refractivity contribution in [1.82, 2.24) is 20.1 Å². The predicted molar refractivity (Wildman–Crippen MR) is 78.6 cm³/mol. The largest absolute Gasteiger partial charge is 0.350 e. The van der Waals surface area contributed by atoms with Gasteiger partial charge in [0.25, 0.3) is 0 Å². The highest BCUT2D eigenvalue weighted by Crippen LogP contribution is 2.27. The molecule has 1 fully saturated rings. The lowest BCUT2D eigenvalue weighted by Gasteiger charge is -2.22. The summed E-state index contributed by atoms with van der Waals surface area (Å²) in [6.07, 6.45) is 8.85. The molecule has 0 bridgehead atoms. The van der Waals surface area contributed by atoms with Gasteiger partial charge in [0.2, 0.25) is 5.91 Å². The van der Waals surface area contributed by atoms with E-state index in [0.29, 0.717) is 6.54 Å². The molecule has 21 heavy (non-hydrogen) atoms. The lowest BCUT2D eigenvalue weighted by atomic mass is 9.98. The van der Waals surface area contributed by atoms with Crippen molar-refractivity contribution in [1.29, 1.82) is 0 Å². The van der Waals surface area contributed by atoms with Crippen LogP contribution in [0.2, 0.25) is 0 Å². The summed E-state index contributed by atoms with van der Waals surface area (Å²) in [7, 11) is 0. The van der Waals surface area contributed by atoms with Gasteiger partial charge in [-0.25, -0.2) is 9.67 Å². The van der Waals surface area contributed by atoms with Crippen LogP contribution < -0.4 is 11.1 Å². The summed E-state index contributed by atoms with van der Waals surface area (Å²) >= 11 is 0. The van der Waals surface area contributed by atoms with Gasteiger partial charge in [-0.05, 0) is 36.6 Å². The predicted octanol–water partition coefficient (Wildman–Crippen LogP) is 1.15. The van der Waals surface area contributed by atoms with Crippen molar-refractivity contribution >= 4 is 5.91 Å². The van der Waals surface area contributed by atoms with Crippen molar-refractivity contribution in [3.8, 4) is 5.82 Å². The number of rotatable bonds is 4. The van der Waals surface area contributed by atoms with E-state index in [1.165, 1.54) is 0 Å². The first kappa shape index (κ1) is 13.8. The first-order valence-corrected chi connectivity index (χ1v) is 7.19. The van der Waals surface area contributed by atoms with E-state index < -0.39 is 5.54 Å². The quantitative estimate of drug-likeness (QED) is 0.882. The standard InChI is InChI=1S/C15H19N5O/c16-15(5-1-2-6-15)14(21)18-11-12-4-8-17-13(10-12)20-9-3-7-19-20/h3-4,7-10H,1-2,5-6,11,16H2,(H,18,21). The zero-order valence-electron chi connectivity index (χ0n) is 11.8. The van der Waals surface area contributed by atoms with Crippen LogP contribution in [-0.4, -0.2) is 26.2 Å². The molecule has 0 radical (unpaired) electrons. The van der Waals surface area contributed by atoms with E-state index in [1.54, 1.807) is 17.1 Å². The average Bonchev–Trinajstić information content (AvgIpc) is 3.17. The third-order valence-electron chi connectivity index (χ3n) is 3.95. The van der Waals surface area contributed by atoms with Crippen molar-refractivity contribution in [3.63, 3.8) is 0 Å². The Morgan fingerprint density at radius 1 is 1.38 bits per heavy atom. The molecule has 0 aromatic carbocycles. The molecule has 0 saturated heterocycles. The van der Waals surface area contributed by atoms with Gasteiger partial charge in [0.05, 0.1) is 5.54 Å². The average molecular weight is 285 g/mol. The van der Waals surface area contributed by atoms with Crippen LogP contribution in [0.4, 0.5) is 0 Å². The number of hydrogen-bond donors (Lipinski definition) is 2. The molecule has 2 heterocycles. The maximum atomic E-state index is 12.2. The second-order valence-corrected chi connectivity index (χ2v) is 5.52. The van der Waals surface area contributed by atoms with Crippen LogP contribution >= 0.6 is 0 Å². The highest BCUT2D eigenvalue weighted by atomic mass is 16.2. The normalized spacial score (nSPS) is 16.8. The molecule has 2 aromatic rings. The van der Waals surface area contributed by atoms with E-state index in [2.05, 4.69) is 15.4 Å². The molecule has 1 amide bonds. The second kappa shape index (κ2) is 5.65. The number of hydrogen-bond acceptors (Lipinski definition) is 4. The molecule has 6 nitrogen and oxygen atoms in total. The number of nitrogens with zero attached hydrogens (tertiary/aromatic N) is 3. The molecular formula is C15H19N5O. The number of carbonyl (C=O) groups is 1. The molecule has 0 aliphatic heterocycles. The van der Waals surface area contributed by atoms with E-state index in [-0.39, 0.29) is 5.91 Å². The smallest absolute Gasteiger partial charge is 0.240 e. The third-order valence-corrected chi connectivity index (χ3v) is 3.95. The molecule has 110 valence electrons. The molecule has 6 heteroatoms. The Labute approximate surface area is 123 Å². The number of nitrogens with one attached hydrogen (secondary N) is 1. The number of aromatic nitrogens is 3. The summed E-state index contributed by atoms with van der Waals surface area (Å²) in [5.41, 5.74) is 6.43. The minimum Gasteiger partial charge on any atom is -0.350 e. The molecule has 2 aromatic heterocycles. The van der Waals surface area contributed by atoms with Crippen molar-refractivity contribution < 1.29 is 4.79 Å². The highest BCUT2D eigenvalue weighted by molar-refractivity contribution is 5.86. The van der Waals surface area contributed by atoms with Gasteiger partial charge in [0, 0.05) is 25.1 Å². The Bertz CT molecular complexity index is 617. The van der Waals surface area contributed by atoms with Gasteiger partial charge in [-0.1, -0.05) is 12.8 Å². The number of nitrogens with two attached hydrogens (primary N) is 1. The maximum Gasteiger partial charge on any atom is 0.240 e. The molecule has 1 aliphatic carbocycles. The minimum absolute atomic E-state index is 0.0579. The molecule has 3 rings (SSSR count). The van der Waals surface area contributed by atoms with Gasteiger partial charge in [-0.15, -0.1) is 0 Å². The van der Waals surface area contributed by atoms with Gasteiger partial charge in [-0.3, -0.25) is 4.79 Å². The lowest BCUT2D eigenvalue weighted by molar-refractivity contribution is -0.126. The van der Waals surface area contributed by atoms with Crippen LogP contribution in [0.1, 0.15) is 31.2 Å². The number of pyridine rings is 1. The van der Waals surface area contributed by atoms with Crippen molar-refractivity contribution in [3.05, 3.63) is 42.4 Å². The summed E-state index contributed by atoms with van der Waals surface area (Å²) in [5.74, 6) is 0.674. The fraction of sp³-hybridized carbons (Fsp3) is 0.400. The Morgan fingerprint density at radius 3 is 2.90 bits per heavy atom. The van der Waals surface area contributed by atoms with Crippen LogP contribution in [0, 0.1) is 0 Å². The molecule has 1 saturated carbocycles. The Kier molecular flexibility index (Phi) is 3.70. The molecular weight excluding hydrogens is 266 g/mol. The fourth-order valence-corrected chi connectivity index (χ4v) is 2.69. The summed E-state index contributed by atoms with van der Waals surface area (Å²) in [4.78, 5) is 16.4. The van der Waals surface area contributed by atoms with Crippen LogP contribution in [-0.2, 0) is 11.3 Å². The molecule has 1 aliphatic rings. The lowest BCUT2D eigenvalue weighted by Crippen LogP contribution is -2.51. The van der Waals surface area contributed by atoms with Crippen LogP contribution in [0.15, 0.2) is 36.8 Å². The van der Waals surface area contributed by atoms with Gasteiger partial charge < -0.3 is 11.1 Å².